The fourth-order valence-electron chi connectivity index (χ4n) is 6.73. The van der Waals surface area contributed by atoms with E-state index < -0.39 is 0 Å². The highest BCUT2D eigenvalue weighted by molar-refractivity contribution is 7.26. The Labute approximate surface area is 301 Å². The number of thiophene rings is 1. The first-order valence-electron chi connectivity index (χ1n) is 16.7. The number of benzene rings is 6. The quantitative estimate of drug-likeness (QED) is 0.178. The van der Waals surface area contributed by atoms with Crippen LogP contribution < -0.4 is 0 Å². The van der Waals surface area contributed by atoms with Gasteiger partial charge in [-0.05, 0) is 36.4 Å². The summed E-state index contributed by atoms with van der Waals surface area (Å²) in [6, 6.07) is 50.2. The van der Waals surface area contributed by atoms with E-state index in [0.29, 0.717) is 34.4 Å². The molecule has 0 saturated heterocycles. The maximum Gasteiger partial charge on any atom is 0.164 e. The first-order valence-corrected chi connectivity index (χ1v) is 17.6. The fraction of sp³-hybridized carbons (Fsp3) is 0. The van der Waals surface area contributed by atoms with Gasteiger partial charge in [0.15, 0.2) is 23.3 Å². The number of aromatic nitrogens is 5. The minimum atomic E-state index is 0.529. The van der Waals surface area contributed by atoms with Crippen molar-refractivity contribution in [1.82, 2.24) is 24.9 Å². The molecule has 0 fully saturated rings. The van der Waals surface area contributed by atoms with Gasteiger partial charge in [0, 0.05) is 43.1 Å². The molecule has 0 N–H and O–H groups in total. The van der Waals surface area contributed by atoms with Gasteiger partial charge >= 0.3 is 0 Å². The lowest BCUT2D eigenvalue weighted by Gasteiger charge is -2.09. The summed E-state index contributed by atoms with van der Waals surface area (Å²) in [5.74, 6) is 2.30. The number of rotatable bonds is 5. The van der Waals surface area contributed by atoms with Crippen LogP contribution in [-0.4, -0.2) is 24.9 Å². The van der Waals surface area contributed by atoms with Crippen LogP contribution in [0, 0.1) is 11.3 Å². The van der Waals surface area contributed by atoms with Gasteiger partial charge in [-0.25, -0.2) is 24.9 Å². The van der Waals surface area contributed by atoms with Crippen molar-refractivity contribution in [2.45, 2.75) is 0 Å². The van der Waals surface area contributed by atoms with Crippen LogP contribution in [0.1, 0.15) is 5.56 Å². The van der Waals surface area contributed by atoms with Crippen molar-refractivity contribution in [1.29, 1.82) is 5.26 Å². The second kappa shape index (κ2) is 12.1. The minimum absolute atomic E-state index is 0.529. The van der Waals surface area contributed by atoms with Gasteiger partial charge in [0.05, 0.1) is 33.1 Å². The summed E-state index contributed by atoms with van der Waals surface area (Å²) >= 11 is 1.64. The lowest BCUT2D eigenvalue weighted by atomic mass is 10.0. The Hall–Kier alpha value is -7.08. The molecule has 52 heavy (non-hydrogen) atoms. The van der Waals surface area contributed by atoms with E-state index in [1.165, 1.54) is 0 Å². The summed E-state index contributed by atoms with van der Waals surface area (Å²) in [6.45, 7) is 0. The first kappa shape index (κ1) is 29.8. The zero-order chi connectivity index (χ0) is 34.6. The molecule has 4 aromatic heterocycles. The number of furan rings is 1. The van der Waals surface area contributed by atoms with Crippen LogP contribution in [0.25, 0.3) is 99.1 Å². The van der Waals surface area contributed by atoms with Gasteiger partial charge < -0.3 is 4.42 Å². The van der Waals surface area contributed by atoms with E-state index >= 15 is 0 Å². The standard InChI is InChI=1S/C44H24N6OS/c45-25-29-16-7-8-17-30(29)37-40-38(32-18-9-10-21-36(32)52-40)47-44(46-37)33-20-11-19-31-34-24-28(22-23-35(34)51-39(31)33)43-49-41(26-12-3-1-4-13-26)48-42(50-43)27-14-5-2-6-15-27/h1-24H. The number of nitriles is 1. The van der Waals surface area contributed by atoms with Crippen molar-refractivity contribution in [2.75, 3.05) is 0 Å². The number of hydrogen-bond donors (Lipinski definition) is 0. The van der Waals surface area contributed by atoms with E-state index in [2.05, 4.69) is 30.3 Å². The summed E-state index contributed by atoms with van der Waals surface area (Å²) in [5.41, 5.74) is 7.75. The molecule has 0 unspecified atom stereocenters. The molecule has 0 aliphatic rings. The average Bonchev–Trinajstić information content (AvgIpc) is 3.79. The van der Waals surface area contributed by atoms with Gasteiger partial charge in [-0.3, -0.25) is 0 Å². The SMILES string of the molecule is N#Cc1ccccc1-c1nc(-c2cccc3c2oc2ccc(-c4nc(-c5ccccc5)nc(-c5ccccc5)n4)cc23)nc2c1sc1ccccc12. The molecule has 4 heterocycles. The normalized spacial score (nSPS) is 11.4. The van der Waals surface area contributed by atoms with E-state index in [9.17, 15) is 5.26 Å². The van der Waals surface area contributed by atoms with Crippen molar-refractivity contribution in [3.05, 3.63) is 151 Å². The molecule has 242 valence electrons. The summed E-state index contributed by atoms with van der Waals surface area (Å²) in [5, 5.41) is 12.9. The van der Waals surface area contributed by atoms with Gasteiger partial charge in [0.2, 0.25) is 0 Å². The smallest absolute Gasteiger partial charge is 0.164 e. The Morgan fingerprint density at radius 2 is 1.13 bits per heavy atom. The third-order valence-corrected chi connectivity index (χ3v) is 10.4. The molecule has 0 spiro atoms. The summed E-state index contributed by atoms with van der Waals surface area (Å²) < 4.78 is 8.65. The van der Waals surface area contributed by atoms with E-state index in [1.807, 2.05) is 121 Å². The van der Waals surface area contributed by atoms with Crippen molar-refractivity contribution >= 4 is 53.6 Å². The molecular weight excluding hydrogens is 661 g/mol. The predicted molar refractivity (Wildman–Crippen MR) is 207 cm³/mol. The molecule has 10 rings (SSSR count). The zero-order valence-corrected chi connectivity index (χ0v) is 28.2. The molecule has 6 aromatic carbocycles. The number of para-hydroxylation sites is 1. The molecule has 0 aliphatic heterocycles. The van der Waals surface area contributed by atoms with Gasteiger partial charge in [0.25, 0.3) is 0 Å². The van der Waals surface area contributed by atoms with Gasteiger partial charge in [-0.2, -0.15) is 5.26 Å². The molecule has 0 atom stereocenters. The van der Waals surface area contributed by atoms with Crippen LogP contribution in [0.3, 0.4) is 0 Å². The van der Waals surface area contributed by atoms with Crippen LogP contribution in [-0.2, 0) is 0 Å². The van der Waals surface area contributed by atoms with Gasteiger partial charge in [-0.15, -0.1) is 11.3 Å². The van der Waals surface area contributed by atoms with Crippen LogP contribution in [0.2, 0.25) is 0 Å². The Balaban J connectivity index is 1.17. The fourth-order valence-corrected chi connectivity index (χ4v) is 7.88. The Morgan fingerprint density at radius 3 is 1.88 bits per heavy atom. The largest absolute Gasteiger partial charge is 0.455 e. The number of fused-ring (bicyclic) bond motifs is 6. The second-order valence-electron chi connectivity index (χ2n) is 12.4. The Bertz CT molecular complexity index is 2980. The molecule has 0 radical (unpaired) electrons. The van der Waals surface area contributed by atoms with E-state index in [1.54, 1.807) is 11.3 Å². The number of hydrogen-bond acceptors (Lipinski definition) is 8. The maximum absolute atomic E-state index is 10.0. The summed E-state index contributed by atoms with van der Waals surface area (Å²) in [7, 11) is 0. The molecule has 0 bridgehead atoms. The topological polar surface area (TPSA) is 101 Å². The second-order valence-corrected chi connectivity index (χ2v) is 13.4. The highest BCUT2D eigenvalue weighted by atomic mass is 32.1. The van der Waals surface area contributed by atoms with Crippen LogP contribution in [0.4, 0.5) is 0 Å². The lowest BCUT2D eigenvalue weighted by Crippen LogP contribution is -2.00. The van der Waals surface area contributed by atoms with Crippen molar-refractivity contribution in [3.8, 4) is 62.9 Å². The van der Waals surface area contributed by atoms with Gasteiger partial charge in [0.1, 0.15) is 11.2 Å². The minimum Gasteiger partial charge on any atom is -0.455 e. The molecule has 8 heteroatoms. The van der Waals surface area contributed by atoms with Crippen molar-refractivity contribution in [3.63, 3.8) is 0 Å². The Morgan fingerprint density at radius 1 is 0.500 bits per heavy atom. The molecule has 0 aliphatic carbocycles. The predicted octanol–water partition coefficient (Wildman–Crippen LogP) is 11.1. The third-order valence-electron chi connectivity index (χ3n) is 9.22. The first-order chi connectivity index (χ1) is 25.7. The third kappa shape index (κ3) is 4.91. The van der Waals surface area contributed by atoms with Crippen LogP contribution in [0.5, 0.6) is 0 Å². The monoisotopic (exact) mass is 684 g/mol. The van der Waals surface area contributed by atoms with E-state index in [0.717, 1.165) is 70.2 Å². The van der Waals surface area contributed by atoms with Gasteiger partial charge in [-0.1, -0.05) is 109 Å². The lowest BCUT2D eigenvalue weighted by molar-refractivity contribution is 0.669. The molecule has 0 amide bonds. The molecule has 0 saturated carbocycles. The van der Waals surface area contributed by atoms with Crippen LogP contribution in [0.15, 0.2) is 150 Å². The number of nitrogens with zero attached hydrogens (tertiary/aromatic N) is 6. The summed E-state index contributed by atoms with van der Waals surface area (Å²) in [4.78, 5) is 25.1. The Kier molecular flexibility index (Phi) is 6.91. The average molecular weight is 685 g/mol. The van der Waals surface area contributed by atoms with Crippen molar-refractivity contribution < 1.29 is 4.42 Å². The zero-order valence-electron chi connectivity index (χ0n) is 27.4. The highest BCUT2D eigenvalue weighted by Gasteiger charge is 2.21. The maximum atomic E-state index is 10.0. The molecule has 7 nitrogen and oxygen atoms in total. The van der Waals surface area contributed by atoms with E-state index in [-0.39, 0.29) is 0 Å². The highest BCUT2D eigenvalue weighted by Crippen LogP contribution is 2.42. The van der Waals surface area contributed by atoms with Crippen molar-refractivity contribution in [2.24, 2.45) is 0 Å². The van der Waals surface area contributed by atoms with Crippen LogP contribution >= 0.6 is 11.3 Å². The molecule has 10 aromatic rings. The molecular formula is C44H24N6OS. The van der Waals surface area contributed by atoms with E-state index in [4.69, 9.17) is 29.3 Å². The summed E-state index contributed by atoms with van der Waals surface area (Å²) in [6.07, 6.45) is 0.